The van der Waals surface area contributed by atoms with Crippen molar-refractivity contribution in [1.82, 2.24) is 0 Å². The van der Waals surface area contributed by atoms with Crippen LogP contribution in [0.15, 0.2) is 119 Å². The second kappa shape index (κ2) is 12.8. The van der Waals surface area contributed by atoms with E-state index in [2.05, 4.69) is 9.98 Å². The van der Waals surface area contributed by atoms with Crippen molar-refractivity contribution in [2.45, 2.75) is 0 Å². The summed E-state index contributed by atoms with van der Waals surface area (Å²) >= 11 is 0. The maximum absolute atomic E-state index is 9.50. The number of hydrogen-bond donors (Lipinski definition) is 2. The van der Waals surface area contributed by atoms with Crippen LogP contribution in [0.5, 0.6) is 11.5 Å². The first-order valence-electron chi connectivity index (χ1n) is 9.46. The van der Waals surface area contributed by atoms with Gasteiger partial charge in [0.15, 0.2) is 0 Å². The Hall–Kier alpha value is -3.67. The van der Waals surface area contributed by atoms with Gasteiger partial charge in [0, 0.05) is 23.6 Å². The number of phenolic OH excluding ortho intramolecular Hbond substituents is 2. The van der Waals surface area contributed by atoms with Gasteiger partial charge in [-0.2, -0.15) is 0 Å². The van der Waals surface area contributed by atoms with Gasteiger partial charge in [0.25, 0.3) is 0 Å². The number of aliphatic imine (C=N–C) groups is 2. The van der Waals surface area contributed by atoms with Gasteiger partial charge >= 0.3 is 16.8 Å². The number of para-hydroxylation sites is 4. The average Bonchev–Trinajstić information content (AvgIpc) is 2.80. The van der Waals surface area contributed by atoms with Crippen molar-refractivity contribution in [2.24, 2.45) is 9.98 Å². The smallest absolute Gasteiger partial charge is 0.507 e. The quantitative estimate of drug-likeness (QED) is 0.357. The molecule has 4 aromatic rings. The molecular weight excluding hydrogens is 431 g/mol. The third-order valence-electron chi connectivity index (χ3n) is 4.09. The van der Waals surface area contributed by atoms with Crippen LogP contribution in [-0.2, 0) is 16.8 Å². The second-order valence-corrected chi connectivity index (χ2v) is 6.31. The zero-order chi connectivity index (χ0) is 21.0. The summed E-state index contributed by atoms with van der Waals surface area (Å²) in [6, 6.07) is 33.5. The SMILES string of the molecule is Oc1ccccc1C=Nc1ccccc1.Oc1ccccc1C=Nc1ccccc1.[Co+2]. The van der Waals surface area contributed by atoms with E-state index in [9.17, 15) is 10.2 Å². The first kappa shape index (κ1) is 23.6. The Kier molecular flexibility index (Phi) is 9.74. The topological polar surface area (TPSA) is 65.2 Å². The first-order valence-corrected chi connectivity index (χ1v) is 9.46. The van der Waals surface area contributed by atoms with Crippen molar-refractivity contribution >= 4 is 23.8 Å². The van der Waals surface area contributed by atoms with E-state index in [1.165, 1.54) is 0 Å². The van der Waals surface area contributed by atoms with E-state index in [0.29, 0.717) is 0 Å². The van der Waals surface area contributed by atoms with Crippen LogP contribution in [0.3, 0.4) is 0 Å². The molecule has 0 atom stereocenters. The van der Waals surface area contributed by atoms with Crippen molar-refractivity contribution in [1.29, 1.82) is 0 Å². The van der Waals surface area contributed by atoms with Crippen LogP contribution in [0, 0.1) is 0 Å². The van der Waals surface area contributed by atoms with Crippen molar-refractivity contribution in [2.75, 3.05) is 0 Å². The fourth-order valence-corrected chi connectivity index (χ4v) is 2.51. The van der Waals surface area contributed by atoms with E-state index in [1.807, 2.05) is 84.9 Å². The van der Waals surface area contributed by atoms with Gasteiger partial charge in [0.05, 0.1) is 11.4 Å². The summed E-state index contributed by atoms with van der Waals surface area (Å²) in [7, 11) is 0. The van der Waals surface area contributed by atoms with E-state index in [1.54, 1.807) is 36.7 Å². The minimum Gasteiger partial charge on any atom is -0.507 e. The van der Waals surface area contributed by atoms with Crippen molar-refractivity contribution in [3.05, 3.63) is 120 Å². The Bertz CT molecular complexity index is 1020. The summed E-state index contributed by atoms with van der Waals surface area (Å²) in [4.78, 5) is 8.50. The van der Waals surface area contributed by atoms with E-state index >= 15 is 0 Å². The maximum Gasteiger partial charge on any atom is 2.00 e. The van der Waals surface area contributed by atoms with Gasteiger partial charge in [0.1, 0.15) is 11.5 Å². The van der Waals surface area contributed by atoms with Gasteiger partial charge < -0.3 is 10.2 Å². The third-order valence-corrected chi connectivity index (χ3v) is 4.09. The molecule has 31 heavy (non-hydrogen) atoms. The van der Waals surface area contributed by atoms with Crippen LogP contribution >= 0.6 is 0 Å². The van der Waals surface area contributed by atoms with Gasteiger partial charge in [-0.3, -0.25) is 9.98 Å². The Morgan fingerprint density at radius 3 is 1.13 bits per heavy atom. The molecule has 0 heterocycles. The Labute approximate surface area is 192 Å². The summed E-state index contributed by atoms with van der Waals surface area (Å²) in [5.41, 5.74) is 3.20. The largest absolute Gasteiger partial charge is 2.00 e. The van der Waals surface area contributed by atoms with Crippen molar-refractivity contribution in [3.8, 4) is 11.5 Å². The van der Waals surface area contributed by atoms with Crippen LogP contribution in [-0.4, -0.2) is 22.6 Å². The maximum atomic E-state index is 9.50. The molecule has 4 rings (SSSR count). The molecule has 0 aliphatic carbocycles. The molecule has 0 saturated heterocycles. The van der Waals surface area contributed by atoms with Crippen LogP contribution < -0.4 is 0 Å². The molecule has 1 radical (unpaired) electrons. The predicted octanol–water partition coefficient (Wildman–Crippen LogP) is 6.28. The van der Waals surface area contributed by atoms with E-state index in [-0.39, 0.29) is 28.3 Å². The fraction of sp³-hybridized carbons (Fsp3) is 0. The summed E-state index contributed by atoms with van der Waals surface area (Å²) in [5, 5.41) is 19.0. The number of benzene rings is 4. The zero-order valence-electron chi connectivity index (χ0n) is 16.7. The minimum atomic E-state index is 0. The standard InChI is InChI=1S/2C13H11NO.Co/c2*15-13-9-5-4-6-11(13)10-14-12-7-2-1-3-8-12;/h2*1-10,15H;/q;;+2. The first-order chi connectivity index (χ1) is 14.7. The molecule has 0 bridgehead atoms. The molecule has 0 aliphatic heterocycles. The number of nitrogens with zero attached hydrogens (tertiary/aromatic N) is 2. The third kappa shape index (κ3) is 7.93. The van der Waals surface area contributed by atoms with Gasteiger partial charge in [-0.1, -0.05) is 60.7 Å². The number of hydrogen-bond acceptors (Lipinski definition) is 4. The van der Waals surface area contributed by atoms with E-state index in [0.717, 1.165) is 22.5 Å². The molecule has 0 aliphatic rings. The van der Waals surface area contributed by atoms with Crippen molar-refractivity contribution in [3.63, 3.8) is 0 Å². The molecule has 5 heteroatoms. The summed E-state index contributed by atoms with van der Waals surface area (Å²) in [6.45, 7) is 0. The number of rotatable bonds is 4. The molecule has 4 aromatic carbocycles. The molecule has 0 fully saturated rings. The molecule has 0 saturated carbocycles. The molecular formula is C26H22CoN2O2+2. The van der Waals surface area contributed by atoms with Crippen LogP contribution in [0.4, 0.5) is 11.4 Å². The van der Waals surface area contributed by atoms with E-state index in [4.69, 9.17) is 0 Å². The molecule has 155 valence electrons. The Morgan fingerprint density at radius 1 is 0.452 bits per heavy atom. The van der Waals surface area contributed by atoms with Gasteiger partial charge in [-0.05, 0) is 48.5 Å². The van der Waals surface area contributed by atoms with Crippen LogP contribution in [0.2, 0.25) is 0 Å². The van der Waals surface area contributed by atoms with Gasteiger partial charge in [-0.25, -0.2) is 0 Å². The summed E-state index contributed by atoms with van der Waals surface area (Å²) in [5.74, 6) is 0.495. The predicted molar refractivity (Wildman–Crippen MR) is 124 cm³/mol. The molecule has 4 nitrogen and oxygen atoms in total. The molecule has 0 unspecified atom stereocenters. The minimum absolute atomic E-state index is 0. The molecule has 0 amide bonds. The molecule has 0 spiro atoms. The Morgan fingerprint density at radius 2 is 0.774 bits per heavy atom. The molecule has 2 N–H and O–H groups in total. The van der Waals surface area contributed by atoms with Crippen LogP contribution in [0.25, 0.3) is 0 Å². The van der Waals surface area contributed by atoms with Crippen molar-refractivity contribution < 1.29 is 27.0 Å². The fourth-order valence-electron chi connectivity index (χ4n) is 2.51. The van der Waals surface area contributed by atoms with Crippen LogP contribution in [0.1, 0.15) is 11.1 Å². The summed E-state index contributed by atoms with van der Waals surface area (Å²) in [6.07, 6.45) is 3.31. The summed E-state index contributed by atoms with van der Waals surface area (Å²) < 4.78 is 0. The monoisotopic (exact) mass is 453 g/mol. The number of aromatic hydroxyl groups is 2. The average molecular weight is 453 g/mol. The zero-order valence-corrected chi connectivity index (χ0v) is 17.7. The molecule has 0 aromatic heterocycles. The second-order valence-electron chi connectivity index (χ2n) is 6.31. The van der Waals surface area contributed by atoms with E-state index < -0.39 is 0 Å². The van der Waals surface area contributed by atoms with Gasteiger partial charge in [0.2, 0.25) is 0 Å². The Balaban J connectivity index is 0.000000213. The normalized spacial score (nSPS) is 10.3. The number of phenols is 2. The van der Waals surface area contributed by atoms with Gasteiger partial charge in [-0.15, -0.1) is 0 Å².